The molecule has 0 aliphatic carbocycles. The van der Waals surface area contributed by atoms with Crippen molar-refractivity contribution < 1.29 is 4.74 Å². The molecule has 0 amide bonds. The van der Waals surface area contributed by atoms with Crippen LogP contribution in [0.4, 0.5) is 0 Å². The summed E-state index contributed by atoms with van der Waals surface area (Å²) in [6.07, 6.45) is 2.02. The van der Waals surface area contributed by atoms with E-state index >= 15 is 0 Å². The molecule has 0 aliphatic heterocycles. The highest BCUT2D eigenvalue weighted by atomic mass is 79.9. The van der Waals surface area contributed by atoms with E-state index in [1.54, 1.807) is 0 Å². The van der Waals surface area contributed by atoms with Gasteiger partial charge in [0.25, 0.3) is 0 Å². The van der Waals surface area contributed by atoms with Crippen LogP contribution in [0, 0.1) is 0 Å². The third-order valence-electron chi connectivity index (χ3n) is 2.93. The Labute approximate surface area is 125 Å². The van der Waals surface area contributed by atoms with E-state index in [1.807, 2.05) is 19.1 Å². The number of halogens is 1. The van der Waals surface area contributed by atoms with Crippen LogP contribution in [0.1, 0.15) is 45.2 Å². The third-order valence-corrected chi connectivity index (χ3v) is 3.42. The summed E-state index contributed by atoms with van der Waals surface area (Å²) in [6.45, 7) is 12.0. The summed E-state index contributed by atoms with van der Waals surface area (Å²) in [5, 5.41) is 3.50. The quantitative estimate of drug-likeness (QED) is 0.689. The summed E-state index contributed by atoms with van der Waals surface area (Å²) >= 11 is 3.53. The predicted molar refractivity (Wildman–Crippen MR) is 85.8 cm³/mol. The molecule has 0 saturated heterocycles. The van der Waals surface area contributed by atoms with Gasteiger partial charge in [-0.05, 0) is 45.0 Å². The number of nitrogens with one attached hydrogen (secondary N) is 1. The SMILES string of the molecule is C=C(C)CCOc1ccc(Br)cc1C(C)NCCC. The molecule has 106 valence electrons. The molecule has 0 bridgehead atoms. The van der Waals surface area contributed by atoms with Crippen molar-refractivity contribution in [2.75, 3.05) is 13.2 Å². The molecule has 0 radical (unpaired) electrons. The van der Waals surface area contributed by atoms with Crippen molar-refractivity contribution in [1.29, 1.82) is 0 Å². The molecule has 1 N–H and O–H groups in total. The fourth-order valence-corrected chi connectivity index (χ4v) is 2.17. The maximum atomic E-state index is 5.88. The average molecular weight is 326 g/mol. The van der Waals surface area contributed by atoms with Crippen LogP contribution in [0.25, 0.3) is 0 Å². The van der Waals surface area contributed by atoms with Crippen LogP contribution in [0.15, 0.2) is 34.8 Å². The molecular formula is C16H24BrNO. The monoisotopic (exact) mass is 325 g/mol. The average Bonchev–Trinajstić information content (AvgIpc) is 2.37. The highest BCUT2D eigenvalue weighted by Crippen LogP contribution is 2.28. The van der Waals surface area contributed by atoms with Crippen molar-refractivity contribution in [1.82, 2.24) is 5.32 Å². The van der Waals surface area contributed by atoms with Gasteiger partial charge in [-0.2, -0.15) is 0 Å². The van der Waals surface area contributed by atoms with Gasteiger partial charge >= 0.3 is 0 Å². The minimum Gasteiger partial charge on any atom is -0.493 e. The van der Waals surface area contributed by atoms with Crippen molar-refractivity contribution in [3.05, 3.63) is 40.4 Å². The molecule has 0 fully saturated rings. The second-order valence-electron chi connectivity index (χ2n) is 4.91. The molecule has 0 aliphatic rings. The second kappa shape index (κ2) is 8.39. The first kappa shape index (κ1) is 16.3. The zero-order valence-corrected chi connectivity index (χ0v) is 13.7. The fraction of sp³-hybridized carbons (Fsp3) is 0.500. The molecule has 0 aromatic heterocycles. The van der Waals surface area contributed by atoms with Crippen LogP contribution in [0.2, 0.25) is 0 Å². The Bertz CT molecular complexity index is 417. The van der Waals surface area contributed by atoms with Gasteiger partial charge in [-0.3, -0.25) is 0 Å². The Kier molecular flexibility index (Phi) is 7.17. The minimum atomic E-state index is 0.289. The van der Waals surface area contributed by atoms with E-state index in [0.717, 1.165) is 35.2 Å². The Hall–Kier alpha value is -0.800. The molecule has 0 spiro atoms. The van der Waals surface area contributed by atoms with Gasteiger partial charge in [-0.25, -0.2) is 0 Å². The fourth-order valence-electron chi connectivity index (χ4n) is 1.80. The molecule has 1 unspecified atom stereocenters. The standard InChI is InChI=1S/C16H24BrNO/c1-5-9-18-13(4)15-11-14(17)6-7-16(15)19-10-8-12(2)3/h6-7,11,13,18H,2,5,8-10H2,1,3-4H3. The molecule has 2 nitrogen and oxygen atoms in total. The van der Waals surface area contributed by atoms with Crippen LogP contribution in [0.3, 0.4) is 0 Å². The highest BCUT2D eigenvalue weighted by Gasteiger charge is 2.11. The van der Waals surface area contributed by atoms with E-state index in [4.69, 9.17) is 4.74 Å². The maximum absolute atomic E-state index is 5.88. The zero-order valence-electron chi connectivity index (χ0n) is 12.1. The van der Waals surface area contributed by atoms with Gasteiger partial charge in [-0.1, -0.05) is 28.4 Å². The topological polar surface area (TPSA) is 21.3 Å². The van der Waals surface area contributed by atoms with Crippen molar-refractivity contribution >= 4 is 15.9 Å². The van der Waals surface area contributed by atoms with Gasteiger partial charge in [0, 0.05) is 22.5 Å². The van der Waals surface area contributed by atoms with Crippen LogP contribution in [-0.2, 0) is 0 Å². The van der Waals surface area contributed by atoms with Crippen molar-refractivity contribution in [2.45, 2.75) is 39.7 Å². The first-order valence-corrected chi connectivity index (χ1v) is 7.64. The van der Waals surface area contributed by atoms with E-state index in [9.17, 15) is 0 Å². The smallest absolute Gasteiger partial charge is 0.124 e. The Morgan fingerprint density at radius 3 is 2.84 bits per heavy atom. The number of benzene rings is 1. The maximum Gasteiger partial charge on any atom is 0.124 e. The largest absolute Gasteiger partial charge is 0.493 e. The summed E-state index contributed by atoms with van der Waals surface area (Å²) in [5.41, 5.74) is 2.35. The Morgan fingerprint density at radius 2 is 2.21 bits per heavy atom. The number of hydrogen-bond donors (Lipinski definition) is 1. The molecule has 1 aromatic carbocycles. The zero-order chi connectivity index (χ0) is 14.3. The van der Waals surface area contributed by atoms with Crippen LogP contribution >= 0.6 is 15.9 Å². The summed E-state index contributed by atoms with van der Waals surface area (Å²) in [5.74, 6) is 0.959. The molecule has 1 aromatic rings. The molecule has 1 rings (SSSR count). The van der Waals surface area contributed by atoms with Gasteiger partial charge in [-0.15, -0.1) is 6.58 Å². The van der Waals surface area contributed by atoms with Crippen molar-refractivity contribution in [3.63, 3.8) is 0 Å². The molecule has 0 heterocycles. The van der Waals surface area contributed by atoms with Crippen molar-refractivity contribution in [2.24, 2.45) is 0 Å². The van der Waals surface area contributed by atoms with Crippen LogP contribution in [-0.4, -0.2) is 13.2 Å². The number of ether oxygens (including phenoxy) is 1. The normalized spacial score (nSPS) is 12.2. The summed E-state index contributed by atoms with van der Waals surface area (Å²) < 4.78 is 6.97. The lowest BCUT2D eigenvalue weighted by Gasteiger charge is -2.18. The second-order valence-corrected chi connectivity index (χ2v) is 5.83. The summed E-state index contributed by atoms with van der Waals surface area (Å²) in [4.78, 5) is 0. The molecular weight excluding hydrogens is 302 g/mol. The number of hydrogen-bond acceptors (Lipinski definition) is 2. The van der Waals surface area contributed by atoms with Gasteiger partial charge < -0.3 is 10.1 Å². The molecule has 19 heavy (non-hydrogen) atoms. The van der Waals surface area contributed by atoms with Gasteiger partial charge in [0.1, 0.15) is 5.75 Å². The molecule has 3 heteroatoms. The van der Waals surface area contributed by atoms with E-state index in [-0.39, 0.29) is 6.04 Å². The Balaban J connectivity index is 2.75. The van der Waals surface area contributed by atoms with Gasteiger partial charge in [0.05, 0.1) is 6.61 Å². The predicted octanol–water partition coefficient (Wildman–Crippen LogP) is 4.85. The summed E-state index contributed by atoms with van der Waals surface area (Å²) in [6, 6.07) is 6.47. The van der Waals surface area contributed by atoms with Gasteiger partial charge in [0.2, 0.25) is 0 Å². The molecule has 1 atom stereocenters. The number of rotatable bonds is 8. The van der Waals surface area contributed by atoms with Crippen LogP contribution in [0.5, 0.6) is 5.75 Å². The van der Waals surface area contributed by atoms with Gasteiger partial charge in [0.15, 0.2) is 0 Å². The third kappa shape index (κ3) is 5.79. The van der Waals surface area contributed by atoms with E-state index in [0.29, 0.717) is 6.61 Å². The van der Waals surface area contributed by atoms with E-state index < -0.39 is 0 Å². The summed E-state index contributed by atoms with van der Waals surface area (Å²) in [7, 11) is 0. The van der Waals surface area contributed by atoms with E-state index in [1.165, 1.54) is 5.56 Å². The lowest BCUT2D eigenvalue weighted by Crippen LogP contribution is -2.20. The minimum absolute atomic E-state index is 0.289. The highest BCUT2D eigenvalue weighted by molar-refractivity contribution is 9.10. The van der Waals surface area contributed by atoms with Crippen molar-refractivity contribution in [3.8, 4) is 5.75 Å². The molecule has 0 saturated carbocycles. The first-order valence-electron chi connectivity index (χ1n) is 6.84. The van der Waals surface area contributed by atoms with E-state index in [2.05, 4.69) is 47.7 Å². The first-order chi connectivity index (χ1) is 9.04. The lowest BCUT2D eigenvalue weighted by molar-refractivity contribution is 0.315. The lowest BCUT2D eigenvalue weighted by atomic mass is 10.1. The van der Waals surface area contributed by atoms with Crippen LogP contribution < -0.4 is 10.1 Å². The Morgan fingerprint density at radius 1 is 1.47 bits per heavy atom.